The van der Waals surface area contributed by atoms with E-state index in [1.165, 1.54) is 0 Å². The number of carboxylic acid groups (broad SMARTS) is 1. The van der Waals surface area contributed by atoms with Gasteiger partial charge in [-0.05, 0) is 38.5 Å². The molecule has 0 bridgehead atoms. The highest BCUT2D eigenvalue weighted by atomic mass is 16.5. The lowest BCUT2D eigenvalue weighted by molar-refractivity contribution is 0.0695. The van der Waals surface area contributed by atoms with Crippen molar-refractivity contribution in [2.24, 2.45) is 0 Å². The Bertz CT molecular complexity index is 634. The van der Waals surface area contributed by atoms with Crippen molar-refractivity contribution in [1.82, 2.24) is 9.78 Å². The molecule has 0 amide bonds. The number of ether oxygens (including phenoxy) is 1. The van der Waals surface area contributed by atoms with E-state index >= 15 is 0 Å². The standard InChI is InChI=1S/C16H20N2O3/c1-4-11(2)18-9-8-13(17-18)10-21-15-7-5-6-14(12(15)3)16(19)20/h5-9,11H,4,10H2,1-3H3,(H,19,20). The van der Waals surface area contributed by atoms with Gasteiger partial charge in [-0.1, -0.05) is 13.0 Å². The van der Waals surface area contributed by atoms with Gasteiger partial charge < -0.3 is 9.84 Å². The van der Waals surface area contributed by atoms with Gasteiger partial charge in [0.15, 0.2) is 0 Å². The molecule has 112 valence electrons. The molecule has 0 saturated heterocycles. The van der Waals surface area contributed by atoms with Crippen LogP contribution in [0.2, 0.25) is 0 Å². The van der Waals surface area contributed by atoms with Crippen LogP contribution in [0.3, 0.4) is 0 Å². The number of carbonyl (C=O) groups is 1. The number of aromatic nitrogens is 2. The Balaban J connectivity index is 2.08. The third-order valence-electron chi connectivity index (χ3n) is 3.60. The van der Waals surface area contributed by atoms with Gasteiger partial charge in [-0.15, -0.1) is 0 Å². The van der Waals surface area contributed by atoms with Gasteiger partial charge >= 0.3 is 5.97 Å². The maximum Gasteiger partial charge on any atom is 0.336 e. The molecule has 0 saturated carbocycles. The number of aromatic carboxylic acids is 1. The van der Waals surface area contributed by atoms with Crippen LogP contribution in [-0.2, 0) is 6.61 Å². The summed E-state index contributed by atoms with van der Waals surface area (Å²) in [6, 6.07) is 7.30. The Morgan fingerprint density at radius 1 is 1.43 bits per heavy atom. The van der Waals surface area contributed by atoms with Gasteiger partial charge in [-0.25, -0.2) is 4.79 Å². The highest BCUT2D eigenvalue weighted by Gasteiger charge is 2.11. The van der Waals surface area contributed by atoms with Gasteiger partial charge in [0.2, 0.25) is 0 Å². The fourth-order valence-electron chi connectivity index (χ4n) is 2.04. The van der Waals surface area contributed by atoms with Gasteiger partial charge in [0.25, 0.3) is 0 Å². The summed E-state index contributed by atoms with van der Waals surface area (Å²) in [5, 5.41) is 13.6. The largest absolute Gasteiger partial charge is 0.487 e. The maximum absolute atomic E-state index is 11.1. The van der Waals surface area contributed by atoms with Gasteiger partial charge in [0.05, 0.1) is 11.3 Å². The quantitative estimate of drug-likeness (QED) is 0.884. The zero-order chi connectivity index (χ0) is 15.4. The number of carboxylic acids is 1. The predicted molar refractivity (Wildman–Crippen MR) is 79.7 cm³/mol. The van der Waals surface area contributed by atoms with Crippen molar-refractivity contribution in [2.75, 3.05) is 0 Å². The second-order valence-electron chi connectivity index (χ2n) is 5.07. The van der Waals surface area contributed by atoms with Crippen LogP contribution in [0.4, 0.5) is 0 Å². The first-order valence-electron chi connectivity index (χ1n) is 7.02. The van der Waals surface area contributed by atoms with Gasteiger partial charge in [0, 0.05) is 17.8 Å². The molecule has 1 atom stereocenters. The average molecular weight is 288 g/mol. The van der Waals surface area contributed by atoms with Gasteiger partial charge in [0.1, 0.15) is 12.4 Å². The number of hydrogen-bond donors (Lipinski definition) is 1. The molecule has 0 aliphatic rings. The van der Waals surface area contributed by atoms with Crippen molar-refractivity contribution in [3.63, 3.8) is 0 Å². The predicted octanol–water partition coefficient (Wildman–Crippen LogP) is 3.44. The van der Waals surface area contributed by atoms with Crippen LogP contribution >= 0.6 is 0 Å². The number of nitrogens with zero attached hydrogens (tertiary/aromatic N) is 2. The molecule has 2 aromatic rings. The van der Waals surface area contributed by atoms with Crippen LogP contribution in [-0.4, -0.2) is 20.9 Å². The summed E-state index contributed by atoms with van der Waals surface area (Å²) in [5.74, 6) is -0.369. The maximum atomic E-state index is 11.1. The first-order valence-corrected chi connectivity index (χ1v) is 7.02. The van der Waals surface area contributed by atoms with Crippen molar-refractivity contribution in [3.05, 3.63) is 47.3 Å². The second-order valence-corrected chi connectivity index (χ2v) is 5.07. The molecule has 1 heterocycles. The van der Waals surface area contributed by atoms with Crippen LogP contribution in [0.15, 0.2) is 30.5 Å². The summed E-state index contributed by atoms with van der Waals surface area (Å²) < 4.78 is 7.62. The molecule has 0 aliphatic carbocycles. The van der Waals surface area contributed by atoms with Gasteiger partial charge in [-0.2, -0.15) is 5.10 Å². The van der Waals surface area contributed by atoms with E-state index in [0.717, 1.165) is 12.1 Å². The zero-order valence-corrected chi connectivity index (χ0v) is 12.5. The second kappa shape index (κ2) is 6.43. The Morgan fingerprint density at radius 3 is 2.86 bits per heavy atom. The monoisotopic (exact) mass is 288 g/mol. The topological polar surface area (TPSA) is 64.3 Å². The van der Waals surface area contributed by atoms with Crippen LogP contribution in [0.25, 0.3) is 0 Å². The fourth-order valence-corrected chi connectivity index (χ4v) is 2.04. The SMILES string of the molecule is CCC(C)n1ccc(COc2cccc(C(=O)O)c2C)n1. The van der Waals surface area contributed by atoms with E-state index < -0.39 is 5.97 Å². The number of hydrogen-bond acceptors (Lipinski definition) is 3. The molecule has 0 radical (unpaired) electrons. The fraction of sp³-hybridized carbons (Fsp3) is 0.375. The molecule has 0 fully saturated rings. The molecule has 0 aliphatic heterocycles. The summed E-state index contributed by atoms with van der Waals surface area (Å²) in [4.78, 5) is 11.1. The van der Waals surface area contributed by atoms with Crippen molar-refractivity contribution in [2.45, 2.75) is 39.8 Å². The summed E-state index contributed by atoms with van der Waals surface area (Å²) in [6.07, 6.45) is 2.95. The van der Waals surface area contributed by atoms with Crippen LogP contribution in [0, 0.1) is 6.92 Å². The third kappa shape index (κ3) is 3.42. The molecule has 1 unspecified atom stereocenters. The molecule has 2 rings (SSSR count). The molecule has 1 N–H and O–H groups in total. The summed E-state index contributed by atoms with van der Waals surface area (Å²) in [7, 11) is 0. The summed E-state index contributed by atoms with van der Waals surface area (Å²) >= 11 is 0. The van der Waals surface area contributed by atoms with E-state index in [1.807, 2.05) is 16.9 Å². The first-order chi connectivity index (χ1) is 10.0. The minimum atomic E-state index is -0.945. The minimum Gasteiger partial charge on any atom is -0.487 e. The van der Waals surface area contributed by atoms with E-state index in [9.17, 15) is 4.79 Å². The molecule has 5 heteroatoms. The molecule has 21 heavy (non-hydrogen) atoms. The van der Waals surface area contributed by atoms with Crippen molar-refractivity contribution in [3.8, 4) is 5.75 Å². The van der Waals surface area contributed by atoms with Crippen LogP contribution in [0.5, 0.6) is 5.75 Å². The van der Waals surface area contributed by atoms with Crippen molar-refractivity contribution < 1.29 is 14.6 Å². The van der Waals surface area contributed by atoms with E-state index in [2.05, 4.69) is 18.9 Å². The molecule has 1 aromatic heterocycles. The number of rotatable bonds is 6. The van der Waals surface area contributed by atoms with Crippen LogP contribution in [0.1, 0.15) is 47.9 Å². The molecule has 1 aromatic carbocycles. The minimum absolute atomic E-state index is 0.262. The summed E-state index contributed by atoms with van der Waals surface area (Å²) in [6.45, 7) is 6.30. The average Bonchev–Trinajstić information content (AvgIpc) is 2.94. The highest BCUT2D eigenvalue weighted by Crippen LogP contribution is 2.22. The smallest absolute Gasteiger partial charge is 0.336 e. The molecular weight excluding hydrogens is 268 g/mol. The van der Waals surface area contributed by atoms with E-state index in [4.69, 9.17) is 9.84 Å². The summed E-state index contributed by atoms with van der Waals surface area (Å²) in [5.41, 5.74) is 1.72. The Labute approximate surface area is 124 Å². The Morgan fingerprint density at radius 2 is 2.19 bits per heavy atom. The van der Waals surface area contributed by atoms with E-state index in [1.54, 1.807) is 25.1 Å². The lowest BCUT2D eigenvalue weighted by Gasteiger charge is -2.10. The van der Waals surface area contributed by atoms with E-state index in [-0.39, 0.29) is 5.56 Å². The molecular formula is C16H20N2O3. The van der Waals surface area contributed by atoms with E-state index in [0.29, 0.717) is 24.0 Å². The van der Waals surface area contributed by atoms with Gasteiger partial charge in [-0.3, -0.25) is 4.68 Å². The number of benzene rings is 1. The van der Waals surface area contributed by atoms with Crippen molar-refractivity contribution in [1.29, 1.82) is 0 Å². The first kappa shape index (κ1) is 15.1. The van der Waals surface area contributed by atoms with Crippen LogP contribution < -0.4 is 4.74 Å². The Hall–Kier alpha value is -2.30. The van der Waals surface area contributed by atoms with Crippen molar-refractivity contribution >= 4 is 5.97 Å². The highest BCUT2D eigenvalue weighted by molar-refractivity contribution is 5.90. The third-order valence-corrected chi connectivity index (χ3v) is 3.60. The molecule has 5 nitrogen and oxygen atoms in total. The molecule has 0 spiro atoms. The zero-order valence-electron chi connectivity index (χ0n) is 12.5. The lowest BCUT2D eigenvalue weighted by Crippen LogP contribution is -2.06. The lowest BCUT2D eigenvalue weighted by atomic mass is 10.1. The normalized spacial score (nSPS) is 12.1. The Kier molecular flexibility index (Phi) is 4.62.